The fourth-order valence-electron chi connectivity index (χ4n) is 1.36. The lowest BCUT2D eigenvalue weighted by Crippen LogP contribution is -2.08. The molecule has 0 amide bonds. The van der Waals surface area contributed by atoms with Crippen LogP contribution in [-0.2, 0) is 10.6 Å². The monoisotopic (exact) mass is 223 g/mol. The maximum atomic E-state index is 11.5. The van der Waals surface area contributed by atoms with Crippen molar-refractivity contribution in [1.82, 2.24) is 0 Å². The molecule has 0 saturated carbocycles. The molecule has 1 aromatic carbocycles. The maximum absolute atomic E-state index is 11.5. The number of ether oxygens (including phenoxy) is 1. The number of nitrogens with zero attached hydrogens (tertiary/aromatic N) is 1. The zero-order valence-electron chi connectivity index (χ0n) is 8.50. The Morgan fingerprint density at radius 1 is 1.60 bits per heavy atom. The minimum Gasteiger partial charge on any atom is -0.465 e. The Morgan fingerprint density at radius 2 is 2.27 bits per heavy atom. The predicted molar refractivity (Wildman–Crippen MR) is 56.8 cm³/mol. The third kappa shape index (κ3) is 2.11. The van der Waals surface area contributed by atoms with Gasteiger partial charge in [0.2, 0.25) is 0 Å². The molecule has 0 atom stereocenters. The number of rotatable bonds is 2. The third-order valence-electron chi connectivity index (χ3n) is 2.23. The number of nitriles is 1. The lowest BCUT2D eigenvalue weighted by Gasteiger charge is -2.09. The van der Waals surface area contributed by atoms with Gasteiger partial charge in [-0.3, -0.25) is 0 Å². The summed E-state index contributed by atoms with van der Waals surface area (Å²) in [5, 5.41) is 8.86. The first-order valence-electron chi connectivity index (χ1n) is 4.32. The van der Waals surface area contributed by atoms with E-state index in [1.54, 1.807) is 19.1 Å². The van der Waals surface area contributed by atoms with Crippen LogP contribution in [0.1, 0.15) is 27.0 Å². The summed E-state index contributed by atoms with van der Waals surface area (Å²) in [5.41, 5.74) is 2.15. The Bertz CT molecular complexity index is 435. The quantitative estimate of drug-likeness (QED) is 0.571. The van der Waals surface area contributed by atoms with Gasteiger partial charge in [-0.2, -0.15) is 5.26 Å². The highest BCUT2D eigenvalue weighted by Gasteiger charge is 2.16. The zero-order valence-corrected chi connectivity index (χ0v) is 9.26. The topological polar surface area (TPSA) is 50.1 Å². The minimum absolute atomic E-state index is 0.304. The molecular formula is C11H10ClNO2. The second kappa shape index (κ2) is 4.81. The Hall–Kier alpha value is -1.53. The molecule has 0 fully saturated rings. The van der Waals surface area contributed by atoms with Crippen LogP contribution < -0.4 is 0 Å². The Balaban J connectivity index is 3.44. The van der Waals surface area contributed by atoms with Gasteiger partial charge >= 0.3 is 5.97 Å². The number of esters is 1. The van der Waals surface area contributed by atoms with Crippen LogP contribution in [0.25, 0.3) is 0 Å². The molecule has 0 aliphatic carbocycles. The zero-order chi connectivity index (χ0) is 11.4. The normalized spacial score (nSPS) is 9.47. The van der Waals surface area contributed by atoms with Crippen molar-refractivity contribution in [3.05, 3.63) is 34.4 Å². The molecule has 0 aromatic heterocycles. The van der Waals surface area contributed by atoms with E-state index in [0.717, 1.165) is 5.56 Å². The fraction of sp³-hybridized carbons (Fsp3) is 0.273. The molecule has 4 heteroatoms. The summed E-state index contributed by atoms with van der Waals surface area (Å²) in [5.74, 6) is -0.197. The van der Waals surface area contributed by atoms with E-state index >= 15 is 0 Å². The molecule has 0 aliphatic rings. The fourth-order valence-corrected chi connectivity index (χ4v) is 1.65. The number of hydrogen-bond donors (Lipinski definition) is 0. The molecule has 78 valence electrons. The van der Waals surface area contributed by atoms with Crippen molar-refractivity contribution in [3.8, 4) is 6.07 Å². The number of carbonyl (C=O) groups excluding carboxylic acids is 1. The summed E-state index contributed by atoms with van der Waals surface area (Å²) in [4.78, 5) is 11.5. The SMILES string of the molecule is COC(=O)c1c(C#N)ccc(CCl)c1C. The van der Waals surface area contributed by atoms with E-state index in [4.69, 9.17) is 16.9 Å². The lowest BCUT2D eigenvalue weighted by molar-refractivity contribution is 0.0599. The maximum Gasteiger partial charge on any atom is 0.339 e. The van der Waals surface area contributed by atoms with E-state index in [9.17, 15) is 4.79 Å². The van der Waals surface area contributed by atoms with Gasteiger partial charge < -0.3 is 4.74 Å². The van der Waals surface area contributed by atoms with Gasteiger partial charge in [0.25, 0.3) is 0 Å². The van der Waals surface area contributed by atoms with E-state index in [1.807, 2.05) is 6.07 Å². The third-order valence-corrected chi connectivity index (χ3v) is 2.52. The van der Waals surface area contributed by atoms with E-state index < -0.39 is 5.97 Å². The second-order valence-electron chi connectivity index (χ2n) is 3.01. The average molecular weight is 224 g/mol. The molecule has 0 heterocycles. The van der Waals surface area contributed by atoms with E-state index in [2.05, 4.69) is 4.74 Å². The van der Waals surface area contributed by atoms with Crippen molar-refractivity contribution in [2.75, 3.05) is 7.11 Å². The van der Waals surface area contributed by atoms with E-state index in [-0.39, 0.29) is 0 Å². The van der Waals surface area contributed by atoms with Crippen molar-refractivity contribution in [2.24, 2.45) is 0 Å². The summed E-state index contributed by atoms with van der Waals surface area (Å²) in [7, 11) is 1.29. The van der Waals surface area contributed by atoms with Crippen LogP contribution in [0.3, 0.4) is 0 Å². The summed E-state index contributed by atoms with van der Waals surface area (Å²) < 4.78 is 4.63. The largest absolute Gasteiger partial charge is 0.465 e. The molecule has 15 heavy (non-hydrogen) atoms. The summed E-state index contributed by atoms with van der Waals surface area (Å²) in [6, 6.07) is 5.28. The molecule has 0 unspecified atom stereocenters. The predicted octanol–water partition coefficient (Wildman–Crippen LogP) is 2.39. The number of methoxy groups -OCH3 is 1. The Kier molecular flexibility index (Phi) is 3.70. The molecule has 1 rings (SSSR count). The van der Waals surface area contributed by atoms with Crippen molar-refractivity contribution in [1.29, 1.82) is 5.26 Å². The molecule has 0 saturated heterocycles. The van der Waals surface area contributed by atoms with Crippen LogP contribution in [0.15, 0.2) is 12.1 Å². The van der Waals surface area contributed by atoms with Crippen LogP contribution in [0.5, 0.6) is 0 Å². The highest BCUT2D eigenvalue weighted by molar-refractivity contribution is 6.17. The molecule has 0 N–H and O–H groups in total. The highest BCUT2D eigenvalue weighted by Crippen LogP contribution is 2.20. The van der Waals surface area contributed by atoms with Gasteiger partial charge in [0, 0.05) is 5.88 Å². The van der Waals surface area contributed by atoms with E-state index in [0.29, 0.717) is 22.6 Å². The summed E-state index contributed by atoms with van der Waals surface area (Å²) >= 11 is 5.71. The van der Waals surface area contributed by atoms with Crippen LogP contribution in [0, 0.1) is 18.3 Å². The molecule has 1 aromatic rings. The molecular weight excluding hydrogens is 214 g/mol. The average Bonchev–Trinajstić information content (AvgIpc) is 2.27. The molecule has 3 nitrogen and oxygen atoms in total. The van der Waals surface area contributed by atoms with Gasteiger partial charge in [0.1, 0.15) is 6.07 Å². The molecule has 0 aliphatic heterocycles. The number of benzene rings is 1. The number of alkyl halides is 1. The first-order valence-corrected chi connectivity index (χ1v) is 4.86. The van der Waals surface area contributed by atoms with Gasteiger partial charge in [-0.1, -0.05) is 6.07 Å². The Labute approximate surface area is 93.2 Å². The first kappa shape index (κ1) is 11.5. The van der Waals surface area contributed by atoms with Crippen molar-refractivity contribution < 1.29 is 9.53 Å². The van der Waals surface area contributed by atoms with Crippen LogP contribution in [0.4, 0.5) is 0 Å². The number of halogens is 1. The van der Waals surface area contributed by atoms with Crippen molar-refractivity contribution in [2.45, 2.75) is 12.8 Å². The van der Waals surface area contributed by atoms with Crippen LogP contribution in [-0.4, -0.2) is 13.1 Å². The second-order valence-corrected chi connectivity index (χ2v) is 3.28. The van der Waals surface area contributed by atoms with E-state index in [1.165, 1.54) is 7.11 Å². The summed E-state index contributed by atoms with van der Waals surface area (Å²) in [6.07, 6.45) is 0. The molecule has 0 radical (unpaired) electrons. The standard InChI is InChI=1S/C11H10ClNO2/c1-7-8(5-12)3-4-9(6-13)10(7)11(14)15-2/h3-4H,5H2,1-2H3. The lowest BCUT2D eigenvalue weighted by atomic mass is 9.98. The van der Waals surface area contributed by atoms with Crippen LogP contribution in [0.2, 0.25) is 0 Å². The van der Waals surface area contributed by atoms with Gasteiger partial charge in [-0.05, 0) is 24.1 Å². The first-order chi connectivity index (χ1) is 7.15. The minimum atomic E-state index is -0.504. The number of hydrogen-bond acceptors (Lipinski definition) is 3. The number of carbonyl (C=O) groups is 1. The van der Waals surface area contributed by atoms with Crippen molar-refractivity contribution >= 4 is 17.6 Å². The van der Waals surface area contributed by atoms with Crippen molar-refractivity contribution in [3.63, 3.8) is 0 Å². The smallest absolute Gasteiger partial charge is 0.339 e. The van der Waals surface area contributed by atoms with Gasteiger partial charge in [0.15, 0.2) is 0 Å². The van der Waals surface area contributed by atoms with Gasteiger partial charge in [-0.25, -0.2) is 4.79 Å². The van der Waals surface area contributed by atoms with Gasteiger partial charge in [0.05, 0.1) is 18.2 Å². The Morgan fingerprint density at radius 3 is 2.73 bits per heavy atom. The highest BCUT2D eigenvalue weighted by atomic mass is 35.5. The molecule has 0 bridgehead atoms. The summed E-state index contributed by atoms with van der Waals surface area (Å²) in [6.45, 7) is 1.75. The molecule has 0 spiro atoms. The van der Waals surface area contributed by atoms with Gasteiger partial charge in [-0.15, -0.1) is 11.6 Å². The van der Waals surface area contributed by atoms with Crippen LogP contribution >= 0.6 is 11.6 Å².